The minimum absolute atomic E-state index is 0. The first-order chi connectivity index (χ1) is 6.87. The van der Waals surface area contributed by atoms with Gasteiger partial charge in [0, 0.05) is 6.54 Å². The number of anilines is 1. The van der Waals surface area contributed by atoms with Gasteiger partial charge in [0.1, 0.15) is 0 Å². The average Bonchev–Trinajstić information content (AvgIpc) is 1.99. The maximum Gasteiger partial charge on any atom is 1.00 e. The molecule has 1 aromatic heterocycles. The molecular formula is C5H5ClN4Na2O4S. The zero-order chi connectivity index (χ0) is 11.5. The van der Waals surface area contributed by atoms with E-state index in [1.807, 2.05) is 0 Å². The minimum atomic E-state index is -4.31. The van der Waals surface area contributed by atoms with Gasteiger partial charge < -0.3 is 15.0 Å². The smallest absolute Gasteiger partial charge is 0.844 e. The molecule has 0 aromatic carbocycles. The Balaban J connectivity index is 0. The Bertz CT molecular complexity index is 439. The van der Waals surface area contributed by atoms with Gasteiger partial charge in [0.2, 0.25) is 11.2 Å². The van der Waals surface area contributed by atoms with Crippen LogP contribution in [0.5, 0.6) is 6.01 Å². The van der Waals surface area contributed by atoms with Gasteiger partial charge in [-0.1, -0.05) is 0 Å². The monoisotopic (exact) mass is 298 g/mol. The molecule has 0 unspecified atom stereocenters. The Morgan fingerprint density at radius 2 is 1.82 bits per heavy atom. The van der Waals surface area contributed by atoms with Crippen LogP contribution >= 0.6 is 11.6 Å². The van der Waals surface area contributed by atoms with Crippen LogP contribution < -0.4 is 69.5 Å². The first-order valence-electron chi connectivity index (χ1n) is 3.63. The maximum absolute atomic E-state index is 10.7. The Morgan fingerprint density at radius 1 is 1.24 bits per heavy atom. The van der Waals surface area contributed by atoms with E-state index in [1.54, 1.807) is 0 Å². The van der Waals surface area contributed by atoms with Crippen LogP contribution in [0.3, 0.4) is 0 Å². The van der Waals surface area contributed by atoms with Crippen molar-refractivity contribution in [1.29, 1.82) is 0 Å². The van der Waals surface area contributed by atoms with Crippen molar-refractivity contribution in [3.8, 4) is 6.01 Å². The van der Waals surface area contributed by atoms with Crippen molar-refractivity contribution in [2.45, 2.75) is 0 Å². The zero-order valence-electron chi connectivity index (χ0n) is 9.18. The summed E-state index contributed by atoms with van der Waals surface area (Å²) in [7, 11) is -4.31. The second-order valence-electron chi connectivity index (χ2n) is 2.40. The number of aromatic nitrogens is 3. The van der Waals surface area contributed by atoms with Crippen molar-refractivity contribution in [1.82, 2.24) is 15.0 Å². The molecule has 0 atom stereocenters. The summed E-state index contributed by atoms with van der Waals surface area (Å²) in [5, 5.41) is 12.8. The van der Waals surface area contributed by atoms with Gasteiger partial charge >= 0.3 is 59.1 Å². The van der Waals surface area contributed by atoms with Crippen LogP contribution in [0.25, 0.3) is 0 Å². The number of hydrogen-bond acceptors (Lipinski definition) is 8. The van der Waals surface area contributed by atoms with Gasteiger partial charge in [-0.3, -0.25) is 0 Å². The molecular weight excluding hydrogens is 294 g/mol. The third-order valence-electron chi connectivity index (χ3n) is 1.22. The molecule has 1 rings (SSSR count). The molecule has 0 saturated carbocycles. The molecule has 0 bridgehead atoms. The first-order valence-corrected chi connectivity index (χ1v) is 5.58. The van der Waals surface area contributed by atoms with Crippen molar-refractivity contribution in [2.24, 2.45) is 0 Å². The summed E-state index contributed by atoms with van der Waals surface area (Å²) in [6.45, 7) is -0.203. The fraction of sp³-hybridized carbons (Fsp3) is 0.400. The zero-order valence-corrected chi connectivity index (χ0v) is 14.7. The molecule has 0 amide bonds. The van der Waals surface area contributed by atoms with E-state index in [1.165, 1.54) is 0 Å². The van der Waals surface area contributed by atoms with E-state index in [4.69, 9.17) is 11.6 Å². The number of rotatable bonds is 4. The summed E-state index contributed by atoms with van der Waals surface area (Å²) in [6.07, 6.45) is 0. The normalized spacial score (nSPS) is 10.0. The quantitative estimate of drug-likeness (QED) is 0.428. The van der Waals surface area contributed by atoms with E-state index in [0.717, 1.165) is 0 Å². The van der Waals surface area contributed by atoms with Crippen molar-refractivity contribution >= 4 is 27.7 Å². The predicted molar refractivity (Wildman–Crippen MR) is 47.3 cm³/mol. The molecule has 0 saturated heterocycles. The van der Waals surface area contributed by atoms with Gasteiger partial charge in [0.25, 0.3) is 0 Å². The summed E-state index contributed by atoms with van der Waals surface area (Å²) < 4.78 is 30.7. The molecule has 0 radical (unpaired) electrons. The van der Waals surface area contributed by atoms with Crippen LogP contribution in [0, 0.1) is 0 Å². The number of nitrogens with zero attached hydrogens (tertiary/aromatic N) is 3. The summed E-state index contributed by atoms with van der Waals surface area (Å²) >= 11 is 5.34. The van der Waals surface area contributed by atoms with Crippen LogP contribution in [0.15, 0.2) is 0 Å². The second kappa shape index (κ2) is 8.83. The standard InChI is InChI=1S/C5H7ClN4O4S.2Na/c6-3-8-4(10-5(11)9-3)7-1-2-15(12,13)14;;/h1-2H2,(H,12,13,14)(H2,7,8,9,10,11);;/q;2*+1/p-2. The van der Waals surface area contributed by atoms with Crippen molar-refractivity contribution in [2.75, 3.05) is 17.6 Å². The van der Waals surface area contributed by atoms with Crippen LogP contribution in [0.4, 0.5) is 5.95 Å². The molecule has 84 valence electrons. The molecule has 0 fully saturated rings. The Labute approximate surface area is 147 Å². The Hall–Kier alpha value is 0.810. The van der Waals surface area contributed by atoms with Crippen molar-refractivity contribution < 1.29 is 77.2 Å². The van der Waals surface area contributed by atoms with E-state index >= 15 is 0 Å². The molecule has 17 heavy (non-hydrogen) atoms. The van der Waals surface area contributed by atoms with Gasteiger partial charge in [0.15, 0.2) is 0 Å². The van der Waals surface area contributed by atoms with E-state index in [0.29, 0.717) is 0 Å². The van der Waals surface area contributed by atoms with Crippen LogP contribution in [-0.4, -0.2) is 40.2 Å². The Morgan fingerprint density at radius 3 is 2.29 bits per heavy atom. The van der Waals surface area contributed by atoms with E-state index in [2.05, 4.69) is 20.3 Å². The summed E-state index contributed by atoms with van der Waals surface area (Å²) in [6, 6.07) is -0.845. The van der Waals surface area contributed by atoms with Gasteiger partial charge in [-0.05, 0) is 11.6 Å². The summed E-state index contributed by atoms with van der Waals surface area (Å²) in [5.74, 6) is -0.798. The summed E-state index contributed by atoms with van der Waals surface area (Å²) in [5.41, 5.74) is 0. The first kappa shape index (κ1) is 20.1. The van der Waals surface area contributed by atoms with Gasteiger partial charge in [-0.2, -0.15) is 4.98 Å². The van der Waals surface area contributed by atoms with E-state index in [-0.39, 0.29) is 76.9 Å². The number of nitrogens with one attached hydrogen (secondary N) is 1. The van der Waals surface area contributed by atoms with E-state index < -0.39 is 21.9 Å². The molecule has 0 aliphatic heterocycles. The topological polar surface area (TPSA) is 131 Å². The van der Waals surface area contributed by atoms with Crippen molar-refractivity contribution in [3.63, 3.8) is 0 Å². The molecule has 1 aromatic rings. The fourth-order valence-corrected chi connectivity index (χ4v) is 1.20. The molecule has 1 N–H and O–H groups in total. The Kier molecular flexibility index (Phi) is 10.5. The predicted octanol–water partition coefficient (Wildman–Crippen LogP) is -7.44. The molecule has 1 heterocycles. The molecule has 12 heteroatoms. The third-order valence-corrected chi connectivity index (χ3v) is 2.10. The van der Waals surface area contributed by atoms with Gasteiger partial charge in [0.05, 0.1) is 21.9 Å². The number of halogens is 1. The molecule has 0 aliphatic carbocycles. The SMILES string of the molecule is O=S(=O)([O-])CCNc1nc([O-])nc(Cl)n1.[Na+].[Na+]. The largest absolute Gasteiger partial charge is 1.00 e. The third kappa shape index (κ3) is 9.40. The molecule has 0 spiro atoms. The van der Waals surface area contributed by atoms with Crippen LogP contribution in [0.1, 0.15) is 0 Å². The van der Waals surface area contributed by atoms with Crippen molar-refractivity contribution in [3.05, 3.63) is 5.28 Å². The summed E-state index contributed by atoms with van der Waals surface area (Å²) in [4.78, 5) is 9.93. The fourth-order valence-electron chi connectivity index (χ4n) is 0.699. The van der Waals surface area contributed by atoms with Crippen LogP contribution in [-0.2, 0) is 10.1 Å². The number of hydrogen-bond donors (Lipinski definition) is 1. The minimum Gasteiger partial charge on any atom is -0.844 e. The molecule has 8 nitrogen and oxygen atoms in total. The van der Waals surface area contributed by atoms with Gasteiger partial charge in [-0.15, -0.1) is 0 Å². The average molecular weight is 299 g/mol. The van der Waals surface area contributed by atoms with Gasteiger partial charge in [-0.25, -0.2) is 18.4 Å². The molecule has 0 aliphatic rings. The van der Waals surface area contributed by atoms with E-state index in [9.17, 15) is 18.1 Å². The maximum atomic E-state index is 10.7. The second-order valence-corrected chi connectivity index (χ2v) is 4.26. The van der Waals surface area contributed by atoms with Crippen LogP contribution in [0.2, 0.25) is 5.28 Å².